The molecule has 9 heteroatoms. The summed E-state index contributed by atoms with van der Waals surface area (Å²) in [6.45, 7) is 0.665. The van der Waals surface area contributed by atoms with Crippen LogP contribution in [0.2, 0.25) is 0 Å². The molecule has 1 aromatic carbocycles. The number of carbonyl (C=O) groups excluding carboxylic acids is 1. The van der Waals surface area contributed by atoms with Crippen LogP contribution in [0.4, 0.5) is 0 Å². The molecule has 1 saturated carbocycles. The van der Waals surface area contributed by atoms with E-state index in [1.165, 1.54) is 10.7 Å². The van der Waals surface area contributed by atoms with Crippen LogP contribution in [0.15, 0.2) is 23.1 Å². The van der Waals surface area contributed by atoms with Crippen molar-refractivity contribution in [2.75, 3.05) is 13.1 Å². The van der Waals surface area contributed by atoms with Crippen molar-refractivity contribution in [3.63, 3.8) is 0 Å². The highest BCUT2D eigenvalue weighted by Crippen LogP contribution is 2.28. The molecule has 1 aromatic heterocycles. The van der Waals surface area contributed by atoms with E-state index in [2.05, 4.69) is 14.1 Å². The fraction of sp³-hybridized carbons (Fsp3) is 0.611. The van der Waals surface area contributed by atoms with Gasteiger partial charge in [-0.1, -0.05) is 25.3 Å². The van der Waals surface area contributed by atoms with Gasteiger partial charge in [0.05, 0.1) is 17.6 Å². The van der Waals surface area contributed by atoms with Gasteiger partial charge in [-0.3, -0.25) is 4.79 Å². The van der Waals surface area contributed by atoms with Crippen LogP contribution in [0.5, 0.6) is 0 Å². The van der Waals surface area contributed by atoms with E-state index in [0.29, 0.717) is 24.0 Å². The molecule has 1 aliphatic heterocycles. The zero-order valence-electron chi connectivity index (χ0n) is 15.1. The standard InChI is InChI=1S/C18H24N4O3S2/c23-18(19-14-7-2-1-3-8-14)13-6-5-11-22(12-13)27(24,25)16-10-4-9-15-17(16)21-26-20-15/h4,9-10,13-14H,1-3,5-8,11-12H2,(H,19,23)/t13-/m0/s1. The molecule has 2 aromatic rings. The molecule has 0 unspecified atom stereocenters. The zero-order valence-corrected chi connectivity index (χ0v) is 16.8. The maximum absolute atomic E-state index is 13.2. The van der Waals surface area contributed by atoms with Gasteiger partial charge in [-0.25, -0.2) is 8.42 Å². The molecule has 0 radical (unpaired) electrons. The van der Waals surface area contributed by atoms with E-state index in [9.17, 15) is 13.2 Å². The summed E-state index contributed by atoms with van der Waals surface area (Å²) < 4.78 is 36.1. The second-order valence-electron chi connectivity index (χ2n) is 7.43. The fourth-order valence-electron chi connectivity index (χ4n) is 4.07. The number of rotatable bonds is 4. The van der Waals surface area contributed by atoms with Gasteiger partial charge in [-0.05, 0) is 37.8 Å². The van der Waals surface area contributed by atoms with E-state index >= 15 is 0 Å². The zero-order chi connectivity index (χ0) is 18.9. The van der Waals surface area contributed by atoms with Gasteiger partial charge in [0.1, 0.15) is 15.9 Å². The van der Waals surface area contributed by atoms with E-state index in [0.717, 1.165) is 43.8 Å². The minimum Gasteiger partial charge on any atom is -0.353 e. The van der Waals surface area contributed by atoms with Gasteiger partial charge in [0.15, 0.2) is 0 Å². The van der Waals surface area contributed by atoms with E-state index in [1.807, 2.05) is 0 Å². The summed E-state index contributed by atoms with van der Waals surface area (Å²) in [6.07, 6.45) is 7.02. The second-order valence-corrected chi connectivity index (χ2v) is 9.87. The Morgan fingerprint density at radius 3 is 2.74 bits per heavy atom. The number of nitrogens with zero attached hydrogens (tertiary/aromatic N) is 3. The topological polar surface area (TPSA) is 92.3 Å². The molecule has 1 amide bonds. The van der Waals surface area contributed by atoms with Crippen LogP contribution in [0, 0.1) is 5.92 Å². The number of carbonyl (C=O) groups is 1. The van der Waals surface area contributed by atoms with Crippen LogP contribution in [-0.4, -0.2) is 46.5 Å². The molecule has 1 N–H and O–H groups in total. The minimum atomic E-state index is -3.70. The lowest BCUT2D eigenvalue weighted by atomic mass is 9.93. The van der Waals surface area contributed by atoms with Crippen molar-refractivity contribution >= 4 is 38.7 Å². The van der Waals surface area contributed by atoms with E-state index in [-0.39, 0.29) is 29.3 Å². The Balaban J connectivity index is 1.50. The Morgan fingerprint density at radius 2 is 1.93 bits per heavy atom. The number of benzene rings is 1. The van der Waals surface area contributed by atoms with Gasteiger partial charge in [-0.2, -0.15) is 13.1 Å². The third kappa shape index (κ3) is 3.86. The van der Waals surface area contributed by atoms with Crippen LogP contribution in [0.25, 0.3) is 11.0 Å². The van der Waals surface area contributed by atoms with Gasteiger partial charge in [0.2, 0.25) is 15.9 Å². The van der Waals surface area contributed by atoms with E-state index in [1.54, 1.807) is 18.2 Å². The lowest BCUT2D eigenvalue weighted by Gasteiger charge is -2.32. The number of hydrogen-bond acceptors (Lipinski definition) is 6. The normalized spacial score (nSPS) is 22.7. The molecular formula is C18H24N4O3S2. The van der Waals surface area contributed by atoms with E-state index in [4.69, 9.17) is 0 Å². The second kappa shape index (κ2) is 7.81. The van der Waals surface area contributed by atoms with Gasteiger partial charge in [-0.15, -0.1) is 0 Å². The summed E-state index contributed by atoms with van der Waals surface area (Å²) in [7, 11) is -3.70. The number of fused-ring (bicyclic) bond motifs is 1. The average Bonchev–Trinajstić information content (AvgIpc) is 3.17. The van der Waals surface area contributed by atoms with Gasteiger partial charge < -0.3 is 5.32 Å². The highest BCUT2D eigenvalue weighted by Gasteiger charge is 2.35. The molecule has 1 aliphatic carbocycles. The first-order valence-electron chi connectivity index (χ1n) is 9.57. The Hall–Kier alpha value is -1.58. The third-order valence-corrected chi connectivity index (χ3v) is 8.01. The third-order valence-electron chi connectivity index (χ3n) is 5.57. The lowest BCUT2D eigenvalue weighted by Crippen LogP contribution is -2.47. The molecule has 1 saturated heterocycles. The first-order valence-corrected chi connectivity index (χ1v) is 11.7. The Bertz CT molecular complexity index is 922. The molecular weight excluding hydrogens is 384 g/mol. The van der Waals surface area contributed by atoms with Crippen molar-refractivity contribution in [1.82, 2.24) is 18.4 Å². The largest absolute Gasteiger partial charge is 0.353 e. The predicted molar refractivity (Wildman–Crippen MR) is 104 cm³/mol. The van der Waals surface area contributed by atoms with Crippen molar-refractivity contribution in [1.29, 1.82) is 0 Å². The summed E-state index contributed by atoms with van der Waals surface area (Å²) in [6, 6.07) is 5.26. The SMILES string of the molecule is O=C(NC1CCCCC1)[C@H]1CCCN(S(=O)(=O)c2cccc3nsnc23)C1. The number of nitrogens with one attached hydrogen (secondary N) is 1. The monoisotopic (exact) mass is 408 g/mol. The van der Waals surface area contributed by atoms with Gasteiger partial charge in [0.25, 0.3) is 0 Å². The van der Waals surface area contributed by atoms with Crippen molar-refractivity contribution in [2.45, 2.75) is 55.9 Å². The summed E-state index contributed by atoms with van der Waals surface area (Å²) >= 11 is 1.01. The van der Waals surface area contributed by atoms with Crippen LogP contribution in [0.3, 0.4) is 0 Å². The molecule has 2 fully saturated rings. The van der Waals surface area contributed by atoms with Crippen molar-refractivity contribution in [2.24, 2.45) is 5.92 Å². The fourth-order valence-corrected chi connectivity index (χ4v) is 6.35. The average molecular weight is 409 g/mol. The van der Waals surface area contributed by atoms with Gasteiger partial charge in [0, 0.05) is 19.1 Å². The molecule has 4 rings (SSSR count). The maximum atomic E-state index is 13.2. The van der Waals surface area contributed by atoms with Gasteiger partial charge >= 0.3 is 0 Å². The van der Waals surface area contributed by atoms with Crippen molar-refractivity contribution in [3.8, 4) is 0 Å². The lowest BCUT2D eigenvalue weighted by molar-refractivity contribution is -0.127. The summed E-state index contributed by atoms with van der Waals surface area (Å²) in [5, 5.41) is 3.14. The first-order chi connectivity index (χ1) is 13.1. The summed E-state index contributed by atoms with van der Waals surface area (Å²) in [4.78, 5) is 12.9. The smallest absolute Gasteiger partial charge is 0.245 e. The highest BCUT2D eigenvalue weighted by molar-refractivity contribution is 7.89. The summed E-state index contributed by atoms with van der Waals surface area (Å²) in [5.41, 5.74) is 1.00. The molecule has 1 atom stereocenters. The highest BCUT2D eigenvalue weighted by atomic mass is 32.2. The van der Waals surface area contributed by atoms with Crippen LogP contribution in [-0.2, 0) is 14.8 Å². The molecule has 0 spiro atoms. The maximum Gasteiger partial charge on any atom is 0.245 e. The van der Waals surface area contributed by atoms with Crippen LogP contribution < -0.4 is 5.32 Å². The number of hydrogen-bond donors (Lipinski definition) is 1. The minimum absolute atomic E-state index is 0.00432. The number of piperidine rings is 1. The quantitative estimate of drug-likeness (QED) is 0.839. The van der Waals surface area contributed by atoms with Crippen molar-refractivity contribution < 1.29 is 13.2 Å². The molecule has 27 heavy (non-hydrogen) atoms. The summed E-state index contributed by atoms with van der Waals surface area (Å²) in [5.74, 6) is -0.293. The molecule has 2 aliphatic rings. The number of sulfonamides is 1. The first kappa shape index (κ1) is 18.8. The predicted octanol–water partition coefficient (Wildman–Crippen LogP) is 2.54. The van der Waals surface area contributed by atoms with Crippen LogP contribution in [0.1, 0.15) is 44.9 Å². The molecule has 7 nitrogen and oxygen atoms in total. The Kier molecular flexibility index (Phi) is 5.43. The van der Waals surface area contributed by atoms with Crippen molar-refractivity contribution in [3.05, 3.63) is 18.2 Å². The molecule has 0 bridgehead atoms. The number of amides is 1. The molecule has 2 heterocycles. The Morgan fingerprint density at radius 1 is 1.11 bits per heavy atom. The van der Waals surface area contributed by atoms with E-state index < -0.39 is 10.0 Å². The Labute approximate surface area is 163 Å². The van der Waals surface area contributed by atoms with Crippen LogP contribution >= 0.6 is 11.7 Å². The molecule has 146 valence electrons. The number of aromatic nitrogens is 2.